The van der Waals surface area contributed by atoms with Gasteiger partial charge in [0.1, 0.15) is 0 Å². The molecule has 5 heteroatoms. The van der Waals surface area contributed by atoms with E-state index in [9.17, 15) is 0 Å². The number of nitrogens with one attached hydrogen (secondary N) is 1. The lowest BCUT2D eigenvalue weighted by atomic mass is 10.1. The fourth-order valence-electron chi connectivity index (χ4n) is 2.12. The van der Waals surface area contributed by atoms with E-state index in [1.165, 1.54) is 6.39 Å². The van der Waals surface area contributed by atoms with E-state index in [0.29, 0.717) is 11.9 Å². The van der Waals surface area contributed by atoms with Crippen LogP contribution in [0.15, 0.2) is 35.1 Å². The molecule has 1 unspecified atom stereocenters. The number of hydrogen-bond acceptors (Lipinski definition) is 5. The molecule has 0 aliphatic carbocycles. The Morgan fingerprint density at radius 3 is 3.06 bits per heavy atom. The molecular formula is C13H15N3O2. The summed E-state index contributed by atoms with van der Waals surface area (Å²) >= 11 is 0. The van der Waals surface area contributed by atoms with E-state index in [2.05, 4.69) is 21.6 Å². The molecule has 0 bridgehead atoms. The van der Waals surface area contributed by atoms with E-state index in [1.807, 2.05) is 18.2 Å². The number of ether oxygens (including phenoxy) is 1. The zero-order chi connectivity index (χ0) is 12.2. The average molecular weight is 245 g/mol. The van der Waals surface area contributed by atoms with Crippen LogP contribution in [0.4, 0.5) is 0 Å². The number of hydrogen-bond donors (Lipinski definition) is 1. The monoisotopic (exact) mass is 245 g/mol. The number of aromatic nitrogens is 2. The molecule has 0 amide bonds. The summed E-state index contributed by atoms with van der Waals surface area (Å²) in [4.78, 5) is 0. The summed E-state index contributed by atoms with van der Waals surface area (Å²) in [6.07, 6.45) is 2.42. The van der Waals surface area contributed by atoms with Crippen molar-refractivity contribution >= 4 is 0 Å². The normalized spacial score (nSPS) is 19.2. The Hall–Kier alpha value is -1.72. The summed E-state index contributed by atoms with van der Waals surface area (Å²) in [5.74, 6) is 0.565. The van der Waals surface area contributed by atoms with E-state index in [4.69, 9.17) is 9.15 Å². The third kappa shape index (κ3) is 2.42. The number of benzene rings is 1. The largest absolute Gasteiger partial charge is 0.423 e. The van der Waals surface area contributed by atoms with E-state index in [-0.39, 0.29) is 0 Å². The van der Waals surface area contributed by atoms with Gasteiger partial charge in [0.05, 0.1) is 6.61 Å². The summed E-state index contributed by atoms with van der Waals surface area (Å²) in [5, 5.41) is 11.2. The molecule has 1 fully saturated rings. The molecule has 1 atom stereocenters. The first-order chi connectivity index (χ1) is 8.93. The van der Waals surface area contributed by atoms with Gasteiger partial charge in [0.2, 0.25) is 12.3 Å². The Bertz CT molecular complexity index is 493. The molecule has 0 radical (unpaired) electrons. The quantitative estimate of drug-likeness (QED) is 0.886. The lowest BCUT2D eigenvalue weighted by Gasteiger charge is -2.12. The van der Waals surface area contributed by atoms with Gasteiger partial charge >= 0.3 is 0 Å². The minimum atomic E-state index is 0.445. The van der Waals surface area contributed by atoms with Crippen LogP contribution in [0.2, 0.25) is 0 Å². The second kappa shape index (κ2) is 5.29. The smallest absolute Gasteiger partial charge is 0.247 e. The maximum absolute atomic E-state index is 5.34. The Morgan fingerprint density at radius 1 is 1.33 bits per heavy atom. The summed E-state index contributed by atoms with van der Waals surface area (Å²) in [6.45, 7) is 2.43. The van der Waals surface area contributed by atoms with E-state index in [0.717, 1.165) is 37.3 Å². The molecule has 18 heavy (non-hydrogen) atoms. The maximum atomic E-state index is 5.34. The van der Waals surface area contributed by atoms with Crippen molar-refractivity contribution in [3.8, 4) is 11.5 Å². The summed E-state index contributed by atoms with van der Waals surface area (Å²) in [6, 6.07) is 8.50. The van der Waals surface area contributed by atoms with Crippen molar-refractivity contribution in [2.75, 3.05) is 13.2 Å². The standard InChI is InChI=1S/C13H15N3O2/c1-2-4-12(13-16-15-9-18-13)10(3-1)7-14-11-5-6-17-8-11/h1-4,9,11,14H,5-8H2. The van der Waals surface area contributed by atoms with Crippen LogP contribution in [0.1, 0.15) is 12.0 Å². The minimum absolute atomic E-state index is 0.445. The lowest BCUT2D eigenvalue weighted by molar-refractivity contribution is 0.190. The van der Waals surface area contributed by atoms with Crippen molar-refractivity contribution in [2.45, 2.75) is 19.0 Å². The highest BCUT2D eigenvalue weighted by atomic mass is 16.5. The molecular weight excluding hydrogens is 230 g/mol. The van der Waals surface area contributed by atoms with E-state index >= 15 is 0 Å². The molecule has 1 saturated heterocycles. The van der Waals surface area contributed by atoms with Crippen LogP contribution >= 0.6 is 0 Å². The summed E-state index contributed by atoms with van der Waals surface area (Å²) < 4.78 is 10.6. The van der Waals surface area contributed by atoms with Crippen molar-refractivity contribution in [1.29, 1.82) is 0 Å². The van der Waals surface area contributed by atoms with Crippen molar-refractivity contribution in [3.63, 3.8) is 0 Å². The molecule has 1 aliphatic rings. The predicted molar refractivity (Wildman–Crippen MR) is 65.8 cm³/mol. The topological polar surface area (TPSA) is 60.2 Å². The van der Waals surface area contributed by atoms with Crippen LogP contribution in [0, 0.1) is 0 Å². The molecule has 3 rings (SSSR count). The Labute approximate surface area is 105 Å². The molecule has 2 heterocycles. The van der Waals surface area contributed by atoms with Gasteiger partial charge in [0.25, 0.3) is 0 Å². The van der Waals surface area contributed by atoms with Crippen LogP contribution in [-0.4, -0.2) is 29.5 Å². The van der Waals surface area contributed by atoms with Crippen LogP contribution in [0.3, 0.4) is 0 Å². The lowest BCUT2D eigenvalue weighted by Crippen LogP contribution is -2.28. The first kappa shape index (κ1) is 11.4. The van der Waals surface area contributed by atoms with Crippen LogP contribution < -0.4 is 5.32 Å². The van der Waals surface area contributed by atoms with Crippen molar-refractivity contribution in [2.24, 2.45) is 0 Å². The first-order valence-electron chi connectivity index (χ1n) is 6.09. The predicted octanol–water partition coefficient (Wildman–Crippen LogP) is 1.62. The van der Waals surface area contributed by atoms with Crippen LogP contribution in [0.25, 0.3) is 11.5 Å². The molecule has 1 aromatic carbocycles. The SMILES string of the molecule is c1ccc(-c2nnco2)c(CNC2CCOC2)c1. The highest BCUT2D eigenvalue weighted by Gasteiger charge is 2.16. The Kier molecular flexibility index (Phi) is 3.34. The van der Waals surface area contributed by atoms with Gasteiger partial charge in [-0.05, 0) is 18.1 Å². The van der Waals surface area contributed by atoms with Crippen molar-refractivity contribution < 1.29 is 9.15 Å². The molecule has 94 valence electrons. The minimum Gasteiger partial charge on any atom is -0.423 e. The van der Waals surface area contributed by atoms with Gasteiger partial charge in [-0.1, -0.05) is 18.2 Å². The second-order valence-corrected chi connectivity index (χ2v) is 4.34. The van der Waals surface area contributed by atoms with Gasteiger partial charge < -0.3 is 14.5 Å². The zero-order valence-corrected chi connectivity index (χ0v) is 10.0. The fraction of sp³-hybridized carbons (Fsp3) is 0.385. The number of nitrogens with zero attached hydrogens (tertiary/aromatic N) is 2. The van der Waals surface area contributed by atoms with Crippen LogP contribution in [0.5, 0.6) is 0 Å². The summed E-state index contributed by atoms with van der Waals surface area (Å²) in [7, 11) is 0. The molecule has 1 aromatic heterocycles. The van der Waals surface area contributed by atoms with Crippen LogP contribution in [-0.2, 0) is 11.3 Å². The van der Waals surface area contributed by atoms with Gasteiger partial charge in [0, 0.05) is 24.8 Å². The highest BCUT2D eigenvalue weighted by Crippen LogP contribution is 2.21. The molecule has 5 nitrogen and oxygen atoms in total. The first-order valence-corrected chi connectivity index (χ1v) is 6.09. The average Bonchev–Trinajstić information content (AvgIpc) is 3.10. The summed E-state index contributed by atoms with van der Waals surface area (Å²) in [5.41, 5.74) is 2.15. The van der Waals surface area contributed by atoms with Gasteiger partial charge in [-0.15, -0.1) is 10.2 Å². The van der Waals surface area contributed by atoms with E-state index in [1.54, 1.807) is 0 Å². The fourth-order valence-corrected chi connectivity index (χ4v) is 2.12. The maximum Gasteiger partial charge on any atom is 0.247 e. The molecule has 0 spiro atoms. The van der Waals surface area contributed by atoms with Gasteiger partial charge in [-0.2, -0.15) is 0 Å². The van der Waals surface area contributed by atoms with E-state index < -0.39 is 0 Å². The zero-order valence-electron chi connectivity index (χ0n) is 10.0. The van der Waals surface area contributed by atoms with Gasteiger partial charge in [0.15, 0.2) is 0 Å². The highest BCUT2D eigenvalue weighted by molar-refractivity contribution is 5.57. The van der Waals surface area contributed by atoms with Crippen molar-refractivity contribution in [3.05, 3.63) is 36.2 Å². The van der Waals surface area contributed by atoms with Gasteiger partial charge in [-0.3, -0.25) is 0 Å². The number of rotatable bonds is 4. The third-order valence-electron chi connectivity index (χ3n) is 3.12. The Balaban J connectivity index is 1.75. The van der Waals surface area contributed by atoms with Gasteiger partial charge in [-0.25, -0.2) is 0 Å². The molecule has 2 aromatic rings. The molecule has 1 aliphatic heterocycles. The van der Waals surface area contributed by atoms with Crippen molar-refractivity contribution in [1.82, 2.24) is 15.5 Å². The molecule has 1 N–H and O–H groups in total. The molecule has 0 saturated carbocycles. The Morgan fingerprint density at radius 2 is 2.28 bits per heavy atom. The second-order valence-electron chi connectivity index (χ2n) is 4.34. The third-order valence-corrected chi connectivity index (χ3v) is 3.12.